The number of para-hydroxylation sites is 1. The molecule has 1 amide bonds. The van der Waals surface area contributed by atoms with E-state index in [-0.39, 0.29) is 11.7 Å². The van der Waals surface area contributed by atoms with Crippen LogP contribution in [0, 0.1) is 6.92 Å². The normalized spacial score (nSPS) is 16.6. The number of carbonyl (C=O) groups is 1. The fraction of sp³-hybridized carbons (Fsp3) is 0.0588. The van der Waals surface area contributed by atoms with Crippen LogP contribution < -0.4 is 4.90 Å². The first-order valence-corrected chi connectivity index (χ1v) is 7.91. The average molecular weight is 327 g/mol. The van der Waals surface area contributed by atoms with Gasteiger partial charge < -0.3 is 5.11 Å². The summed E-state index contributed by atoms with van der Waals surface area (Å²) in [5, 5.41) is 9.92. The van der Waals surface area contributed by atoms with Gasteiger partial charge in [0, 0.05) is 5.56 Å². The number of benzene rings is 2. The van der Waals surface area contributed by atoms with Crippen molar-refractivity contribution in [2.75, 3.05) is 4.90 Å². The number of aryl methyl sites for hydroxylation is 1. The Labute approximate surface area is 138 Å². The van der Waals surface area contributed by atoms with Crippen LogP contribution in [-0.2, 0) is 4.79 Å². The molecular formula is C17H13NO2S2. The first-order valence-electron chi connectivity index (χ1n) is 6.69. The molecule has 2 aromatic carbocycles. The highest BCUT2D eigenvalue weighted by Crippen LogP contribution is 2.36. The predicted octanol–water partition coefficient (Wildman–Crippen LogP) is 4.11. The lowest BCUT2D eigenvalue weighted by atomic mass is 10.1. The highest BCUT2D eigenvalue weighted by atomic mass is 32.2. The summed E-state index contributed by atoms with van der Waals surface area (Å²) in [7, 11) is 0. The number of thiocarbonyl (C=S) groups is 1. The number of nitrogens with zero attached hydrogens (tertiary/aromatic N) is 1. The summed E-state index contributed by atoms with van der Waals surface area (Å²) in [6.45, 7) is 1.94. The fourth-order valence-electron chi connectivity index (χ4n) is 2.20. The molecule has 1 aliphatic heterocycles. The first kappa shape index (κ1) is 14.8. The van der Waals surface area contributed by atoms with Crippen molar-refractivity contribution >= 4 is 46.0 Å². The van der Waals surface area contributed by atoms with Crippen LogP contribution in [0.25, 0.3) is 6.08 Å². The number of carbonyl (C=O) groups excluding carboxylic acids is 1. The Bertz CT molecular complexity index is 785. The molecule has 0 aliphatic carbocycles. The molecule has 1 saturated heterocycles. The smallest absolute Gasteiger partial charge is 0.270 e. The third-order valence-corrected chi connectivity index (χ3v) is 4.58. The van der Waals surface area contributed by atoms with Crippen LogP contribution in [0.4, 0.5) is 5.69 Å². The molecule has 5 heteroatoms. The lowest BCUT2D eigenvalue weighted by Crippen LogP contribution is -2.27. The molecule has 0 atom stereocenters. The van der Waals surface area contributed by atoms with Crippen LogP contribution in [0.3, 0.4) is 0 Å². The highest BCUT2D eigenvalue weighted by Gasteiger charge is 2.33. The van der Waals surface area contributed by atoms with Crippen LogP contribution in [0.2, 0.25) is 0 Å². The molecule has 3 rings (SSSR count). The fourth-order valence-corrected chi connectivity index (χ4v) is 3.49. The number of anilines is 1. The number of amides is 1. The topological polar surface area (TPSA) is 40.5 Å². The highest BCUT2D eigenvalue weighted by molar-refractivity contribution is 8.27. The van der Waals surface area contributed by atoms with Crippen molar-refractivity contribution in [2.24, 2.45) is 0 Å². The quantitative estimate of drug-likeness (QED) is 0.666. The molecule has 1 aliphatic rings. The number of phenols is 1. The Balaban J connectivity index is 1.97. The van der Waals surface area contributed by atoms with E-state index in [0.717, 1.165) is 11.3 Å². The molecule has 0 saturated carbocycles. The first-order chi connectivity index (χ1) is 10.6. The summed E-state index contributed by atoms with van der Waals surface area (Å²) in [6.07, 6.45) is 1.69. The van der Waals surface area contributed by atoms with Crippen molar-refractivity contribution in [1.29, 1.82) is 0 Å². The molecule has 3 nitrogen and oxygen atoms in total. The summed E-state index contributed by atoms with van der Waals surface area (Å²) in [5.41, 5.74) is 2.39. The Kier molecular flexibility index (Phi) is 4.00. The number of phenolic OH excluding ortho intramolecular Hbond substituents is 1. The number of thioether (sulfide) groups is 1. The SMILES string of the molecule is Cc1ccc(O)c(/C=C2\SC(=S)N(c3ccccc3)C2=O)c1. The maximum absolute atomic E-state index is 12.6. The molecule has 0 bridgehead atoms. The van der Waals surface area contributed by atoms with E-state index in [9.17, 15) is 9.90 Å². The molecule has 22 heavy (non-hydrogen) atoms. The van der Waals surface area contributed by atoms with Crippen molar-refractivity contribution < 1.29 is 9.90 Å². The second kappa shape index (κ2) is 5.94. The molecule has 0 radical (unpaired) electrons. The van der Waals surface area contributed by atoms with Crippen LogP contribution in [-0.4, -0.2) is 15.3 Å². The van der Waals surface area contributed by atoms with E-state index in [1.165, 1.54) is 16.7 Å². The molecule has 2 aromatic rings. The van der Waals surface area contributed by atoms with Crippen molar-refractivity contribution in [3.05, 3.63) is 64.6 Å². The summed E-state index contributed by atoms with van der Waals surface area (Å²) >= 11 is 6.56. The van der Waals surface area contributed by atoms with Gasteiger partial charge in [0.2, 0.25) is 0 Å². The molecule has 110 valence electrons. The van der Waals surface area contributed by atoms with Crippen LogP contribution >= 0.6 is 24.0 Å². The summed E-state index contributed by atoms with van der Waals surface area (Å²) in [4.78, 5) is 14.6. The average Bonchev–Trinajstić information content (AvgIpc) is 2.78. The Morgan fingerprint density at radius 1 is 1.18 bits per heavy atom. The van der Waals surface area contributed by atoms with Gasteiger partial charge in [-0.25, -0.2) is 0 Å². The summed E-state index contributed by atoms with van der Waals surface area (Å²) in [5.74, 6) is -0.0160. The minimum Gasteiger partial charge on any atom is -0.507 e. The lowest BCUT2D eigenvalue weighted by molar-refractivity contribution is -0.113. The monoisotopic (exact) mass is 327 g/mol. The van der Waals surface area contributed by atoms with E-state index < -0.39 is 0 Å². The van der Waals surface area contributed by atoms with Crippen LogP contribution in [0.5, 0.6) is 5.75 Å². The number of aromatic hydroxyl groups is 1. The minimum absolute atomic E-state index is 0.149. The van der Waals surface area contributed by atoms with E-state index in [2.05, 4.69) is 0 Å². The Morgan fingerprint density at radius 2 is 1.91 bits per heavy atom. The van der Waals surface area contributed by atoms with E-state index in [1.54, 1.807) is 12.1 Å². The second-order valence-electron chi connectivity index (χ2n) is 4.91. The molecule has 1 N–H and O–H groups in total. The summed E-state index contributed by atoms with van der Waals surface area (Å²) in [6, 6.07) is 14.6. The third-order valence-electron chi connectivity index (χ3n) is 3.28. The van der Waals surface area contributed by atoms with Crippen LogP contribution in [0.15, 0.2) is 53.4 Å². The summed E-state index contributed by atoms with van der Waals surface area (Å²) < 4.78 is 0.495. The van der Waals surface area contributed by atoms with Gasteiger partial charge in [-0.3, -0.25) is 9.69 Å². The number of hydrogen-bond donors (Lipinski definition) is 1. The lowest BCUT2D eigenvalue weighted by Gasteiger charge is -2.13. The molecule has 0 aromatic heterocycles. The Hall–Kier alpha value is -2.11. The molecule has 0 spiro atoms. The number of rotatable bonds is 2. The zero-order valence-electron chi connectivity index (χ0n) is 11.8. The van der Waals surface area contributed by atoms with Gasteiger partial charge >= 0.3 is 0 Å². The minimum atomic E-state index is -0.165. The van der Waals surface area contributed by atoms with Gasteiger partial charge in [0.15, 0.2) is 4.32 Å². The van der Waals surface area contributed by atoms with Gasteiger partial charge in [-0.15, -0.1) is 0 Å². The van der Waals surface area contributed by atoms with Crippen molar-refractivity contribution in [3.8, 4) is 5.75 Å². The van der Waals surface area contributed by atoms with E-state index in [0.29, 0.717) is 14.8 Å². The standard InChI is InChI=1S/C17H13NO2S2/c1-11-7-8-14(19)12(9-11)10-15-16(20)18(17(21)22-15)13-5-3-2-4-6-13/h2-10,19H,1H3/b15-10-. The third kappa shape index (κ3) is 2.77. The number of hydrogen-bond acceptors (Lipinski definition) is 4. The zero-order valence-corrected chi connectivity index (χ0v) is 13.4. The Morgan fingerprint density at radius 3 is 2.64 bits per heavy atom. The van der Waals surface area contributed by atoms with Gasteiger partial charge in [0.25, 0.3) is 5.91 Å². The van der Waals surface area contributed by atoms with Crippen molar-refractivity contribution in [1.82, 2.24) is 0 Å². The molecular weight excluding hydrogens is 314 g/mol. The molecule has 1 heterocycles. The van der Waals surface area contributed by atoms with Crippen molar-refractivity contribution in [3.63, 3.8) is 0 Å². The maximum Gasteiger partial charge on any atom is 0.270 e. The maximum atomic E-state index is 12.6. The molecule has 1 fully saturated rings. The van der Waals surface area contributed by atoms with E-state index >= 15 is 0 Å². The van der Waals surface area contributed by atoms with Gasteiger partial charge in [-0.1, -0.05) is 53.8 Å². The van der Waals surface area contributed by atoms with Crippen molar-refractivity contribution in [2.45, 2.75) is 6.92 Å². The van der Waals surface area contributed by atoms with Gasteiger partial charge in [-0.05, 0) is 37.3 Å². The zero-order chi connectivity index (χ0) is 15.7. The van der Waals surface area contributed by atoms with E-state index in [1.807, 2.05) is 49.4 Å². The predicted molar refractivity (Wildman–Crippen MR) is 94.9 cm³/mol. The van der Waals surface area contributed by atoms with Gasteiger partial charge in [0.05, 0.1) is 10.6 Å². The molecule has 0 unspecified atom stereocenters. The van der Waals surface area contributed by atoms with E-state index in [4.69, 9.17) is 12.2 Å². The second-order valence-corrected chi connectivity index (χ2v) is 6.59. The van der Waals surface area contributed by atoms with Gasteiger partial charge in [0.1, 0.15) is 5.75 Å². The van der Waals surface area contributed by atoms with Gasteiger partial charge in [-0.2, -0.15) is 0 Å². The van der Waals surface area contributed by atoms with Crippen LogP contribution in [0.1, 0.15) is 11.1 Å². The largest absolute Gasteiger partial charge is 0.507 e.